The molecule has 186 valence electrons. The minimum atomic E-state index is 0.671. The van der Waals surface area contributed by atoms with E-state index >= 15 is 0 Å². The quantitative estimate of drug-likeness (QED) is 0.452. The van der Waals surface area contributed by atoms with Gasteiger partial charge in [-0.05, 0) is 68.6 Å². The summed E-state index contributed by atoms with van der Waals surface area (Å²) < 4.78 is 7.56. The van der Waals surface area contributed by atoms with Gasteiger partial charge in [0.1, 0.15) is 11.6 Å². The van der Waals surface area contributed by atoms with Gasteiger partial charge in [0.25, 0.3) is 0 Å². The lowest BCUT2D eigenvalue weighted by molar-refractivity contribution is 0.245. The van der Waals surface area contributed by atoms with Crippen molar-refractivity contribution >= 4 is 5.82 Å². The van der Waals surface area contributed by atoms with E-state index in [4.69, 9.17) is 9.84 Å². The number of rotatable bonds is 9. The molecule has 1 aromatic heterocycles. The van der Waals surface area contributed by atoms with Crippen LogP contribution in [-0.4, -0.2) is 66.0 Å². The fourth-order valence-corrected chi connectivity index (χ4v) is 5.05. The number of nitrogens with zero attached hydrogens (tertiary/aromatic N) is 5. The highest BCUT2D eigenvalue weighted by atomic mass is 16.5. The summed E-state index contributed by atoms with van der Waals surface area (Å²) in [7, 11) is 3.92. The molecule has 0 N–H and O–H groups in total. The Labute approximate surface area is 210 Å². The van der Waals surface area contributed by atoms with Crippen molar-refractivity contribution in [3.8, 4) is 11.4 Å². The Morgan fingerprint density at radius 2 is 1.57 bits per heavy atom. The highest BCUT2D eigenvalue weighted by Crippen LogP contribution is 2.35. The molecule has 2 heterocycles. The lowest BCUT2D eigenvalue weighted by Gasteiger charge is -2.35. The van der Waals surface area contributed by atoms with Gasteiger partial charge in [-0.25, -0.2) is 4.68 Å². The van der Waals surface area contributed by atoms with E-state index in [9.17, 15) is 0 Å². The maximum Gasteiger partial charge on any atom is 0.137 e. The predicted octanol–water partition coefficient (Wildman–Crippen LogP) is 4.67. The molecule has 1 aliphatic heterocycles. The summed E-state index contributed by atoms with van der Waals surface area (Å²) in [6.07, 6.45) is 3.68. The van der Waals surface area contributed by atoms with Crippen molar-refractivity contribution < 1.29 is 4.74 Å². The van der Waals surface area contributed by atoms with Gasteiger partial charge >= 0.3 is 0 Å². The molecule has 0 atom stereocenters. The zero-order valence-corrected chi connectivity index (χ0v) is 21.7. The molecule has 2 aromatic carbocycles. The van der Waals surface area contributed by atoms with Gasteiger partial charge in [0.05, 0.1) is 18.5 Å². The number of benzene rings is 2. The molecule has 1 saturated carbocycles. The van der Waals surface area contributed by atoms with Crippen molar-refractivity contribution in [1.82, 2.24) is 19.6 Å². The second kappa shape index (κ2) is 10.4. The summed E-state index contributed by atoms with van der Waals surface area (Å²) >= 11 is 0. The van der Waals surface area contributed by atoms with Gasteiger partial charge in [-0.2, -0.15) is 5.10 Å². The molecule has 0 radical (unpaired) electrons. The number of likely N-dealkylation sites (N-methyl/N-ethyl adjacent to an activating group) is 1. The molecular weight excluding hydrogens is 434 g/mol. The van der Waals surface area contributed by atoms with Gasteiger partial charge in [-0.3, -0.25) is 4.90 Å². The third kappa shape index (κ3) is 5.39. The van der Waals surface area contributed by atoms with E-state index in [-0.39, 0.29) is 0 Å². The fraction of sp³-hybridized carbons (Fsp3) is 0.483. The van der Waals surface area contributed by atoms with Gasteiger partial charge < -0.3 is 14.5 Å². The molecule has 6 nitrogen and oxygen atoms in total. The number of hydrogen-bond acceptors (Lipinski definition) is 5. The average molecular weight is 474 g/mol. The van der Waals surface area contributed by atoms with Crippen LogP contribution in [0.4, 0.5) is 5.82 Å². The average Bonchev–Trinajstić information content (AvgIpc) is 3.69. The van der Waals surface area contributed by atoms with E-state index in [2.05, 4.69) is 76.7 Å². The lowest BCUT2D eigenvalue weighted by Crippen LogP contribution is -2.45. The van der Waals surface area contributed by atoms with Crippen LogP contribution in [0, 0.1) is 6.92 Å². The fourth-order valence-electron chi connectivity index (χ4n) is 5.05. The van der Waals surface area contributed by atoms with E-state index in [1.54, 1.807) is 7.11 Å². The van der Waals surface area contributed by atoms with E-state index in [1.165, 1.54) is 35.3 Å². The number of methoxy groups -OCH3 is 1. The zero-order chi connectivity index (χ0) is 24.4. The minimum absolute atomic E-state index is 0.671. The van der Waals surface area contributed by atoms with E-state index in [1.807, 2.05) is 12.1 Å². The van der Waals surface area contributed by atoms with Crippen molar-refractivity contribution in [2.24, 2.45) is 0 Å². The van der Waals surface area contributed by atoms with Gasteiger partial charge in [0.15, 0.2) is 0 Å². The SMILES string of the molecule is CCc1ccc(CN(Cc2c(C)nn(-c3ccc(OC)cc3)c2N2CCN(C)CC2)C2CC2)cc1. The Bertz CT molecular complexity index is 1110. The molecule has 0 unspecified atom stereocenters. The Hall–Kier alpha value is -2.83. The van der Waals surface area contributed by atoms with Crippen LogP contribution in [0.5, 0.6) is 5.75 Å². The normalized spacial score (nSPS) is 16.8. The summed E-state index contributed by atoms with van der Waals surface area (Å²) in [5.41, 5.74) is 6.38. The first-order chi connectivity index (χ1) is 17.1. The zero-order valence-electron chi connectivity index (χ0n) is 21.7. The van der Waals surface area contributed by atoms with E-state index < -0.39 is 0 Å². The first-order valence-corrected chi connectivity index (χ1v) is 13.0. The molecule has 1 aliphatic carbocycles. The minimum Gasteiger partial charge on any atom is -0.497 e. The molecule has 5 rings (SSSR count). The third-order valence-corrected chi connectivity index (χ3v) is 7.52. The molecule has 2 fully saturated rings. The molecule has 0 bridgehead atoms. The summed E-state index contributed by atoms with van der Waals surface area (Å²) in [4.78, 5) is 7.62. The van der Waals surface area contributed by atoms with Crippen LogP contribution in [0.2, 0.25) is 0 Å². The molecular formula is C29H39N5O. The van der Waals surface area contributed by atoms with Crippen molar-refractivity contribution in [3.05, 3.63) is 70.9 Å². The molecule has 35 heavy (non-hydrogen) atoms. The number of aromatic nitrogens is 2. The van der Waals surface area contributed by atoms with Crippen LogP contribution in [0.15, 0.2) is 48.5 Å². The maximum absolute atomic E-state index is 5.40. The van der Waals surface area contributed by atoms with Gasteiger partial charge in [0, 0.05) is 50.9 Å². The Balaban J connectivity index is 1.48. The second-order valence-electron chi connectivity index (χ2n) is 10.1. The second-order valence-corrected chi connectivity index (χ2v) is 10.1. The standard InChI is InChI=1S/C29H39N5O/c1-5-23-6-8-24(9-7-23)20-33(25-10-11-25)21-28-22(2)30-34(26-12-14-27(35-4)15-13-26)29(28)32-18-16-31(3)17-19-32/h6-9,12-15,25H,5,10-11,16-21H2,1-4H3. The van der Waals surface area contributed by atoms with Crippen molar-refractivity contribution in [2.75, 3.05) is 45.2 Å². The summed E-state index contributed by atoms with van der Waals surface area (Å²) in [6.45, 7) is 10.5. The van der Waals surface area contributed by atoms with E-state index in [0.29, 0.717) is 6.04 Å². The third-order valence-electron chi connectivity index (χ3n) is 7.52. The Morgan fingerprint density at radius 1 is 0.914 bits per heavy atom. The highest BCUT2D eigenvalue weighted by Gasteiger charge is 2.32. The van der Waals surface area contributed by atoms with Crippen LogP contribution in [0.25, 0.3) is 5.69 Å². The van der Waals surface area contributed by atoms with Gasteiger partial charge in [0.2, 0.25) is 0 Å². The topological polar surface area (TPSA) is 36.8 Å². The Kier molecular flexibility index (Phi) is 7.12. The van der Waals surface area contributed by atoms with Crippen LogP contribution >= 0.6 is 0 Å². The molecule has 6 heteroatoms. The highest BCUT2D eigenvalue weighted by molar-refractivity contribution is 5.56. The first-order valence-electron chi connectivity index (χ1n) is 13.0. The largest absolute Gasteiger partial charge is 0.497 e. The summed E-state index contributed by atoms with van der Waals surface area (Å²) in [6, 6.07) is 18.1. The summed E-state index contributed by atoms with van der Waals surface area (Å²) in [5, 5.41) is 5.09. The number of piperazine rings is 1. The van der Waals surface area contributed by atoms with E-state index in [0.717, 1.165) is 62.8 Å². The lowest BCUT2D eigenvalue weighted by atomic mass is 10.1. The van der Waals surface area contributed by atoms with Crippen molar-refractivity contribution in [3.63, 3.8) is 0 Å². The smallest absolute Gasteiger partial charge is 0.137 e. The number of hydrogen-bond donors (Lipinski definition) is 0. The van der Waals surface area contributed by atoms with Crippen molar-refractivity contribution in [2.45, 2.75) is 52.2 Å². The number of ether oxygens (including phenoxy) is 1. The van der Waals surface area contributed by atoms with Gasteiger partial charge in [-0.15, -0.1) is 0 Å². The Morgan fingerprint density at radius 3 is 2.17 bits per heavy atom. The van der Waals surface area contributed by atoms with Crippen LogP contribution in [-0.2, 0) is 19.5 Å². The summed E-state index contributed by atoms with van der Waals surface area (Å²) in [5.74, 6) is 2.13. The molecule has 1 saturated heterocycles. The molecule has 0 spiro atoms. The van der Waals surface area contributed by atoms with Crippen molar-refractivity contribution in [1.29, 1.82) is 0 Å². The number of anilines is 1. The first kappa shape index (κ1) is 23.9. The van der Waals surface area contributed by atoms with Gasteiger partial charge in [-0.1, -0.05) is 31.2 Å². The van der Waals surface area contributed by atoms with Crippen LogP contribution in [0.1, 0.15) is 42.1 Å². The molecule has 3 aromatic rings. The maximum atomic E-state index is 5.40. The monoisotopic (exact) mass is 473 g/mol. The molecule has 0 amide bonds. The predicted molar refractivity (Wildman–Crippen MR) is 143 cm³/mol. The van der Waals surface area contributed by atoms with Crippen LogP contribution < -0.4 is 9.64 Å². The number of aryl methyl sites for hydroxylation is 2. The van der Waals surface area contributed by atoms with Crippen LogP contribution in [0.3, 0.4) is 0 Å². The molecule has 2 aliphatic rings.